The molecule has 0 fully saturated rings. The van der Waals surface area contributed by atoms with Crippen LogP contribution in [0, 0.1) is 0 Å². The van der Waals surface area contributed by atoms with Crippen molar-refractivity contribution in [3.8, 4) is 0 Å². The molecule has 0 unspecified atom stereocenters. The highest BCUT2D eigenvalue weighted by Crippen LogP contribution is 2.12. The number of unbranched alkanes of at least 4 members (excludes halogenated alkanes) is 17. The summed E-state index contributed by atoms with van der Waals surface area (Å²) >= 11 is 0. The Balaban J connectivity index is 0. The minimum absolute atomic E-state index is 0. The molecular formula is C30H62ClNO3. The topological polar surface area (TPSA) is 35.5 Å². The first-order valence-electron chi connectivity index (χ1n) is 15.1. The lowest BCUT2D eigenvalue weighted by atomic mass is 10.1. The van der Waals surface area contributed by atoms with Crippen LogP contribution in [0.1, 0.15) is 142 Å². The van der Waals surface area contributed by atoms with E-state index in [1.165, 1.54) is 116 Å². The van der Waals surface area contributed by atoms with Crippen LogP contribution in [0.25, 0.3) is 0 Å². The van der Waals surface area contributed by atoms with Gasteiger partial charge in [-0.15, -0.1) is 0 Å². The number of carbonyl (C=O) groups excluding carboxylic acids is 1. The molecule has 0 aromatic heterocycles. The molecule has 0 radical (unpaired) electrons. The lowest BCUT2D eigenvalue weighted by Crippen LogP contribution is -3.00. The molecule has 0 atom stereocenters. The fourth-order valence-corrected chi connectivity index (χ4v) is 4.42. The van der Waals surface area contributed by atoms with Crippen LogP contribution >= 0.6 is 0 Å². The zero-order valence-electron chi connectivity index (χ0n) is 24.2. The molecule has 0 saturated heterocycles. The van der Waals surface area contributed by atoms with E-state index in [2.05, 4.69) is 27.9 Å². The molecule has 0 aliphatic heterocycles. The van der Waals surface area contributed by atoms with Crippen LogP contribution in [0.5, 0.6) is 0 Å². The molecule has 35 heavy (non-hydrogen) atoms. The predicted molar refractivity (Wildman–Crippen MR) is 147 cm³/mol. The average Bonchev–Trinajstić information content (AvgIpc) is 2.81. The van der Waals surface area contributed by atoms with E-state index in [4.69, 9.17) is 9.47 Å². The van der Waals surface area contributed by atoms with Crippen molar-refractivity contribution in [3.05, 3.63) is 0 Å². The highest BCUT2D eigenvalue weighted by molar-refractivity contribution is 5.69. The van der Waals surface area contributed by atoms with Gasteiger partial charge in [0.1, 0.15) is 13.2 Å². The highest BCUT2D eigenvalue weighted by Gasteiger charge is 2.14. The number of hydrogen-bond donors (Lipinski definition) is 0. The lowest BCUT2D eigenvalue weighted by Gasteiger charge is -2.29. The van der Waals surface area contributed by atoms with E-state index in [1.807, 2.05) is 0 Å². The van der Waals surface area contributed by atoms with Gasteiger partial charge in [-0.2, -0.15) is 0 Å². The van der Waals surface area contributed by atoms with Crippen LogP contribution in [-0.2, 0) is 14.3 Å². The summed E-state index contributed by atoms with van der Waals surface area (Å²) in [6, 6.07) is 0. The van der Waals surface area contributed by atoms with Crippen molar-refractivity contribution in [2.45, 2.75) is 142 Å². The van der Waals surface area contributed by atoms with Crippen molar-refractivity contribution in [3.63, 3.8) is 0 Å². The van der Waals surface area contributed by atoms with Crippen LogP contribution in [0.3, 0.4) is 0 Å². The Hall–Kier alpha value is -0.320. The van der Waals surface area contributed by atoms with Gasteiger partial charge < -0.3 is 26.4 Å². The van der Waals surface area contributed by atoms with E-state index >= 15 is 0 Å². The molecule has 4 nitrogen and oxygen atoms in total. The Morgan fingerprint density at radius 1 is 0.543 bits per heavy atom. The highest BCUT2D eigenvalue weighted by atomic mass is 35.5. The van der Waals surface area contributed by atoms with Gasteiger partial charge in [-0.05, 0) is 19.3 Å². The van der Waals surface area contributed by atoms with Gasteiger partial charge in [0, 0.05) is 6.42 Å². The summed E-state index contributed by atoms with van der Waals surface area (Å²) in [6.45, 7) is 8.41. The number of hydrogen-bond acceptors (Lipinski definition) is 3. The fraction of sp³-hybridized carbons (Fsp3) is 0.967. The van der Waals surface area contributed by atoms with E-state index < -0.39 is 0 Å². The smallest absolute Gasteiger partial charge is 0.305 e. The van der Waals surface area contributed by atoms with E-state index in [-0.39, 0.29) is 18.4 Å². The number of ether oxygens (including phenoxy) is 2. The number of quaternary nitrogens is 1. The third kappa shape index (κ3) is 29.8. The molecule has 0 rings (SSSR count). The molecule has 212 valence electrons. The van der Waals surface area contributed by atoms with Gasteiger partial charge >= 0.3 is 5.97 Å². The van der Waals surface area contributed by atoms with E-state index in [0.29, 0.717) is 19.6 Å². The molecule has 0 spiro atoms. The average molecular weight is 520 g/mol. The van der Waals surface area contributed by atoms with Crippen molar-refractivity contribution in [1.29, 1.82) is 0 Å². The quantitative estimate of drug-likeness (QED) is 0.0820. The van der Waals surface area contributed by atoms with Gasteiger partial charge in [0.25, 0.3) is 0 Å². The summed E-state index contributed by atoms with van der Waals surface area (Å²) in [5.74, 6) is -0.0661. The fourth-order valence-electron chi connectivity index (χ4n) is 4.42. The van der Waals surface area contributed by atoms with Crippen LogP contribution in [0.4, 0.5) is 0 Å². The Kier molecular flexibility index (Phi) is 29.7. The maximum absolute atomic E-state index is 11.8. The van der Waals surface area contributed by atoms with Crippen LogP contribution in [-0.4, -0.2) is 57.5 Å². The summed E-state index contributed by atoms with van der Waals surface area (Å²) in [4.78, 5) is 11.8. The summed E-state index contributed by atoms with van der Waals surface area (Å²) in [5.41, 5.74) is 0. The van der Waals surface area contributed by atoms with Crippen LogP contribution in [0.15, 0.2) is 0 Å². The van der Waals surface area contributed by atoms with E-state index in [9.17, 15) is 4.79 Å². The first-order chi connectivity index (χ1) is 16.5. The Morgan fingerprint density at radius 3 is 1.46 bits per heavy atom. The van der Waals surface area contributed by atoms with Crippen molar-refractivity contribution in [2.75, 3.05) is 47.0 Å². The second-order valence-electron chi connectivity index (χ2n) is 11.0. The molecule has 0 heterocycles. The molecule has 0 bridgehead atoms. The van der Waals surface area contributed by atoms with Crippen LogP contribution in [0.2, 0.25) is 0 Å². The van der Waals surface area contributed by atoms with E-state index in [1.54, 1.807) is 0 Å². The van der Waals surface area contributed by atoms with Gasteiger partial charge in [-0.3, -0.25) is 4.79 Å². The first-order valence-corrected chi connectivity index (χ1v) is 15.1. The predicted octanol–water partition coefficient (Wildman–Crippen LogP) is 5.47. The second-order valence-corrected chi connectivity index (χ2v) is 11.0. The lowest BCUT2D eigenvalue weighted by molar-refractivity contribution is -0.891. The monoisotopic (exact) mass is 519 g/mol. The van der Waals surface area contributed by atoms with Gasteiger partial charge in [-0.25, -0.2) is 0 Å². The van der Waals surface area contributed by atoms with Crippen molar-refractivity contribution < 1.29 is 31.2 Å². The third-order valence-corrected chi connectivity index (χ3v) is 6.93. The number of halogens is 1. The number of esters is 1. The van der Waals surface area contributed by atoms with Gasteiger partial charge in [0.2, 0.25) is 0 Å². The largest absolute Gasteiger partial charge is 1.00 e. The molecule has 0 aromatic carbocycles. The Bertz CT molecular complexity index is 432. The summed E-state index contributed by atoms with van der Waals surface area (Å²) in [5, 5.41) is 0. The van der Waals surface area contributed by atoms with Gasteiger partial charge in [-0.1, -0.05) is 117 Å². The number of rotatable bonds is 27. The summed E-state index contributed by atoms with van der Waals surface area (Å²) in [7, 11) is 4.59. The Morgan fingerprint density at radius 2 is 0.971 bits per heavy atom. The van der Waals surface area contributed by atoms with Crippen LogP contribution < -0.4 is 12.4 Å². The Labute approximate surface area is 226 Å². The van der Waals surface area contributed by atoms with Gasteiger partial charge in [0.15, 0.2) is 0 Å². The summed E-state index contributed by atoms with van der Waals surface area (Å²) in [6.07, 6.45) is 25.8. The molecule has 0 amide bonds. The molecule has 0 aliphatic rings. The number of likely N-dealkylation sites (N-methyl/N-ethyl adjacent to an activating group) is 1. The molecule has 0 aromatic rings. The van der Waals surface area contributed by atoms with Gasteiger partial charge in [0.05, 0.1) is 33.9 Å². The zero-order valence-corrected chi connectivity index (χ0v) is 25.0. The molecule has 5 heteroatoms. The minimum Gasteiger partial charge on any atom is -1.00 e. The van der Waals surface area contributed by atoms with Crippen molar-refractivity contribution in [1.82, 2.24) is 0 Å². The molecule has 0 aliphatic carbocycles. The van der Waals surface area contributed by atoms with E-state index in [0.717, 1.165) is 30.5 Å². The minimum atomic E-state index is -0.0661. The maximum Gasteiger partial charge on any atom is 0.305 e. The normalized spacial score (nSPS) is 11.4. The second kappa shape index (κ2) is 28.3. The summed E-state index contributed by atoms with van der Waals surface area (Å²) < 4.78 is 12.1. The number of carbonyl (C=O) groups is 1. The van der Waals surface area contributed by atoms with Crippen molar-refractivity contribution >= 4 is 5.97 Å². The number of nitrogens with zero attached hydrogens (tertiary/aromatic N) is 1. The zero-order chi connectivity index (χ0) is 25.2. The first kappa shape index (κ1) is 36.8. The van der Waals surface area contributed by atoms with Crippen molar-refractivity contribution in [2.24, 2.45) is 0 Å². The molecule has 0 N–H and O–H groups in total. The SMILES string of the molecule is CCCCCCCCCCCC[N+](C)(C)CCOCCOC(=O)CCCCCCCCCCC.[Cl-]. The molecule has 0 saturated carbocycles. The standard InChI is InChI=1S/C30H62NO3.ClH/c1-5-7-9-11-13-15-17-19-21-23-25-31(3,4)26-27-33-28-29-34-30(32)24-22-20-18-16-14-12-10-8-6-2;/h5-29H2,1-4H3;1H/q+1;/p-1. The maximum atomic E-state index is 11.8. The third-order valence-electron chi connectivity index (χ3n) is 6.93. The molecular weight excluding hydrogens is 458 g/mol.